The van der Waals surface area contributed by atoms with Crippen LogP contribution in [-0.4, -0.2) is 67.4 Å². The Morgan fingerprint density at radius 3 is 2.53 bits per heavy atom. The van der Waals surface area contributed by atoms with E-state index in [-0.39, 0.29) is 5.60 Å². The van der Waals surface area contributed by atoms with Gasteiger partial charge in [-0.1, -0.05) is 6.07 Å². The number of benzene rings is 1. The van der Waals surface area contributed by atoms with Crippen molar-refractivity contribution >= 4 is 17.2 Å². The smallest absolute Gasteiger partial charge is 0.143 e. The fourth-order valence-electron chi connectivity index (χ4n) is 6.40. The van der Waals surface area contributed by atoms with Gasteiger partial charge in [0.1, 0.15) is 18.2 Å². The van der Waals surface area contributed by atoms with Gasteiger partial charge in [0, 0.05) is 44.1 Å². The van der Waals surface area contributed by atoms with Crippen LogP contribution in [0.5, 0.6) is 5.75 Å². The van der Waals surface area contributed by atoms with Crippen molar-refractivity contribution in [2.45, 2.75) is 56.3 Å². The summed E-state index contributed by atoms with van der Waals surface area (Å²) in [6.45, 7) is 8.26. The summed E-state index contributed by atoms with van der Waals surface area (Å²) in [5, 5.41) is 7.04. The number of nitrogens with one attached hydrogen (secondary N) is 2. The molecule has 0 aliphatic carbocycles. The van der Waals surface area contributed by atoms with Crippen LogP contribution in [0.2, 0.25) is 0 Å². The van der Waals surface area contributed by atoms with Crippen LogP contribution in [0.3, 0.4) is 0 Å². The largest absolute Gasteiger partial charge is 0.487 e. The van der Waals surface area contributed by atoms with Crippen LogP contribution in [0.15, 0.2) is 30.5 Å². The molecule has 0 amide bonds. The highest BCUT2D eigenvalue weighted by atomic mass is 16.5. The standard InChI is InChI=1S/C27H35N5O2/c1-2-25-23(15-20(1)19-4-10-31(11-5-19)21-16-28-17-21)30-26-22(18-33-25)24(3-9-29-26)32-12-6-27(7-13-32)8-14-34-27/h1-3,9,15,19,21,28H,4-8,10-14,16-18H2,(H,29,30). The number of rotatable bonds is 3. The molecule has 4 saturated heterocycles. The first-order valence-electron chi connectivity index (χ1n) is 13.1. The maximum absolute atomic E-state index is 6.32. The van der Waals surface area contributed by atoms with Gasteiger partial charge in [-0.15, -0.1) is 0 Å². The van der Waals surface area contributed by atoms with Crippen molar-refractivity contribution in [1.82, 2.24) is 15.2 Å². The topological polar surface area (TPSA) is 61.9 Å². The molecule has 1 aromatic carbocycles. The number of ether oxygens (including phenoxy) is 2. The second-order valence-electron chi connectivity index (χ2n) is 10.7. The predicted octanol–water partition coefficient (Wildman–Crippen LogP) is 3.63. The number of nitrogens with zero attached hydrogens (tertiary/aromatic N) is 3. The molecule has 6 heterocycles. The number of pyridine rings is 1. The number of aromatic nitrogens is 1. The molecule has 7 rings (SSSR count). The first kappa shape index (κ1) is 21.0. The van der Waals surface area contributed by atoms with Crippen LogP contribution < -0.4 is 20.3 Å². The van der Waals surface area contributed by atoms with E-state index < -0.39 is 0 Å². The average molecular weight is 462 g/mol. The highest BCUT2D eigenvalue weighted by Gasteiger charge is 2.41. The third-order valence-corrected chi connectivity index (χ3v) is 8.92. The van der Waals surface area contributed by atoms with Gasteiger partial charge in [0.15, 0.2) is 0 Å². The van der Waals surface area contributed by atoms with E-state index in [4.69, 9.17) is 14.5 Å². The van der Waals surface area contributed by atoms with Gasteiger partial charge in [0.05, 0.1) is 23.5 Å². The highest BCUT2D eigenvalue weighted by molar-refractivity contribution is 5.73. The lowest BCUT2D eigenvalue weighted by molar-refractivity contribution is -0.158. The number of hydrogen-bond acceptors (Lipinski definition) is 7. The molecule has 4 fully saturated rings. The Hall–Kier alpha value is -2.35. The molecule has 5 aliphatic rings. The monoisotopic (exact) mass is 461 g/mol. The van der Waals surface area contributed by atoms with Crippen molar-refractivity contribution < 1.29 is 9.47 Å². The Kier molecular flexibility index (Phi) is 5.18. The summed E-state index contributed by atoms with van der Waals surface area (Å²) in [6.07, 6.45) is 7.83. The van der Waals surface area contributed by atoms with Gasteiger partial charge in [-0.05, 0) is 74.9 Å². The first-order valence-corrected chi connectivity index (χ1v) is 13.1. The second-order valence-corrected chi connectivity index (χ2v) is 10.7. The molecule has 180 valence electrons. The number of piperidine rings is 2. The molecule has 1 spiro atoms. The van der Waals surface area contributed by atoms with Crippen molar-refractivity contribution in [2.24, 2.45) is 0 Å². The quantitative estimate of drug-likeness (QED) is 0.724. The zero-order chi connectivity index (χ0) is 22.5. The summed E-state index contributed by atoms with van der Waals surface area (Å²) in [5.74, 6) is 2.47. The molecular weight excluding hydrogens is 426 g/mol. The van der Waals surface area contributed by atoms with Gasteiger partial charge >= 0.3 is 0 Å². The van der Waals surface area contributed by atoms with Crippen LogP contribution in [0.25, 0.3) is 0 Å². The van der Waals surface area contributed by atoms with Gasteiger partial charge in [-0.3, -0.25) is 4.90 Å². The Labute approximate surface area is 201 Å². The van der Waals surface area contributed by atoms with Crippen molar-refractivity contribution in [3.05, 3.63) is 41.6 Å². The van der Waals surface area contributed by atoms with E-state index in [0.29, 0.717) is 12.5 Å². The van der Waals surface area contributed by atoms with Crippen LogP contribution in [-0.2, 0) is 11.3 Å². The molecule has 0 saturated carbocycles. The van der Waals surface area contributed by atoms with E-state index in [1.54, 1.807) is 0 Å². The summed E-state index contributed by atoms with van der Waals surface area (Å²) >= 11 is 0. The summed E-state index contributed by atoms with van der Waals surface area (Å²) in [6, 6.07) is 9.65. The molecular formula is C27H35N5O2. The number of fused-ring (bicyclic) bond motifs is 2. The summed E-state index contributed by atoms with van der Waals surface area (Å²) < 4.78 is 12.2. The normalized spacial score (nSPS) is 24.8. The van der Waals surface area contributed by atoms with Crippen LogP contribution >= 0.6 is 0 Å². The van der Waals surface area contributed by atoms with Crippen LogP contribution in [0, 0.1) is 0 Å². The van der Waals surface area contributed by atoms with Gasteiger partial charge < -0.3 is 25.0 Å². The van der Waals surface area contributed by atoms with E-state index in [0.717, 1.165) is 74.5 Å². The Balaban J connectivity index is 1.08. The minimum absolute atomic E-state index is 0.160. The number of likely N-dealkylation sites (tertiary alicyclic amines) is 1. The third-order valence-electron chi connectivity index (χ3n) is 8.92. The summed E-state index contributed by atoms with van der Waals surface area (Å²) in [7, 11) is 0. The Morgan fingerprint density at radius 1 is 1.00 bits per heavy atom. The molecule has 0 radical (unpaired) electrons. The molecule has 5 aliphatic heterocycles. The molecule has 0 atom stereocenters. The number of hydrogen-bond donors (Lipinski definition) is 2. The van der Waals surface area contributed by atoms with E-state index in [1.165, 1.54) is 43.6 Å². The molecule has 7 nitrogen and oxygen atoms in total. The fraction of sp³-hybridized carbons (Fsp3) is 0.593. The van der Waals surface area contributed by atoms with Gasteiger partial charge in [-0.2, -0.15) is 0 Å². The highest BCUT2D eigenvalue weighted by Crippen LogP contribution is 2.42. The molecule has 0 bridgehead atoms. The average Bonchev–Trinajstić information content (AvgIpc) is 3.01. The summed E-state index contributed by atoms with van der Waals surface area (Å²) in [5.41, 5.74) is 5.03. The van der Waals surface area contributed by atoms with Gasteiger partial charge in [0.2, 0.25) is 0 Å². The van der Waals surface area contributed by atoms with Crippen molar-refractivity contribution in [3.8, 4) is 5.75 Å². The lowest BCUT2D eigenvalue weighted by Gasteiger charge is -2.48. The van der Waals surface area contributed by atoms with Gasteiger partial charge in [-0.25, -0.2) is 4.98 Å². The minimum atomic E-state index is 0.160. The predicted molar refractivity (Wildman–Crippen MR) is 133 cm³/mol. The van der Waals surface area contributed by atoms with Crippen molar-refractivity contribution in [3.63, 3.8) is 0 Å². The van der Waals surface area contributed by atoms with Crippen LogP contribution in [0.1, 0.15) is 49.1 Å². The molecule has 34 heavy (non-hydrogen) atoms. The lowest BCUT2D eigenvalue weighted by atomic mass is 9.84. The van der Waals surface area contributed by atoms with E-state index in [1.807, 2.05) is 6.20 Å². The zero-order valence-electron chi connectivity index (χ0n) is 19.9. The van der Waals surface area contributed by atoms with E-state index >= 15 is 0 Å². The van der Waals surface area contributed by atoms with Crippen molar-refractivity contribution in [2.75, 3.05) is 56.1 Å². The Bertz CT molecular complexity index is 1050. The molecule has 2 N–H and O–H groups in total. The van der Waals surface area contributed by atoms with Crippen molar-refractivity contribution in [1.29, 1.82) is 0 Å². The fourth-order valence-corrected chi connectivity index (χ4v) is 6.40. The maximum atomic E-state index is 6.32. The summed E-state index contributed by atoms with van der Waals surface area (Å²) in [4.78, 5) is 9.88. The minimum Gasteiger partial charge on any atom is -0.487 e. The molecule has 0 unspecified atom stereocenters. The molecule has 7 heteroatoms. The zero-order valence-corrected chi connectivity index (χ0v) is 19.9. The molecule has 2 aromatic rings. The lowest BCUT2D eigenvalue weighted by Crippen LogP contribution is -2.58. The van der Waals surface area contributed by atoms with Crippen LogP contribution in [0.4, 0.5) is 17.2 Å². The Morgan fingerprint density at radius 2 is 1.82 bits per heavy atom. The SMILES string of the molecule is c1cc(N2CCC3(CCO3)CC2)c2c(n1)Nc1cc(C3CCN(C4CNC4)CC3)ccc1OC2. The third kappa shape index (κ3) is 3.65. The number of anilines is 3. The van der Waals surface area contributed by atoms with Gasteiger partial charge in [0.25, 0.3) is 0 Å². The van der Waals surface area contributed by atoms with E-state index in [9.17, 15) is 0 Å². The maximum Gasteiger partial charge on any atom is 0.143 e. The van der Waals surface area contributed by atoms with E-state index in [2.05, 4.69) is 44.7 Å². The molecule has 1 aromatic heterocycles. The second kappa shape index (κ2) is 8.40. The first-order chi connectivity index (χ1) is 16.8.